The maximum absolute atomic E-state index is 6.10. The lowest BCUT2D eigenvalue weighted by Crippen LogP contribution is -2.20. The minimum absolute atomic E-state index is 0.0209. The summed E-state index contributed by atoms with van der Waals surface area (Å²) in [5.41, 5.74) is 6.76. The van der Waals surface area contributed by atoms with Crippen molar-refractivity contribution in [3.63, 3.8) is 0 Å². The summed E-state index contributed by atoms with van der Waals surface area (Å²) in [6, 6.07) is 8.71. The van der Waals surface area contributed by atoms with E-state index in [1.807, 2.05) is 0 Å². The fourth-order valence-corrected chi connectivity index (χ4v) is 6.00. The summed E-state index contributed by atoms with van der Waals surface area (Å²) in [7, 11) is 0. The highest BCUT2D eigenvalue weighted by atomic mass is 32.2. The molecule has 170 valence electrons. The van der Waals surface area contributed by atoms with Crippen LogP contribution in [0.2, 0.25) is 0 Å². The predicted molar refractivity (Wildman–Crippen MR) is 142 cm³/mol. The van der Waals surface area contributed by atoms with Gasteiger partial charge in [0.05, 0.1) is 0 Å². The van der Waals surface area contributed by atoms with Gasteiger partial charge in [0, 0.05) is 11.5 Å². The third kappa shape index (κ3) is 5.53. The molecule has 4 rings (SSSR count). The maximum Gasteiger partial charge on any atom is 0.220 e. The van der Waals surface area contributed by atoms with Crippen LogP contribution >= 0.6 is 48.0 Å². The van der Waals surface area contributed by atoms with E-state index in [-0.39, 0.29) is 12.2 Å². The SMILES string of the molecule is Cc1cc(-c2cc(C)c(OCC3CSC(=S)O3)c(C)c2)cc(C)c1OCC1CSC(=S)O1. The Morgan fingerprint density at radius 2 is 1.06 bits per heavy atom. The van der Waals surface area contributed by atoms with Gasteiger partial charge in [0.15, 0.2) is 0 Å². The Bertz CT molecular complexity index is 923. The van der Waals surface area contributed by atoms with Crippen molar-refractivity contribution in [1.29, 1.82) is 0 Å². The quantitative estimate of drug-likeness (QED) is 0.412. The van der Waals surface area contributed by atoms with Gasteiger partial charge in [0.2, 0.25) is 8.77 Å². The van der Waals surface area contributed by atoms with Gasteiger partial charge in [-0.15, -0.1) is 0 Å². The number of rotatable bonds is 7. The molecule has 2 saturated heterocycles. The molecule has 0 aromatic heterocycles. The first kappa shape index (κ1) is 23.7. The Balaban J connectivity index is 1.47. The molecule has 2 unspecified atom stereocenters. The zero-order chi connectivity index (χ0) is 22.8. The Kier molecular flexibility index (Phi) is 7.54. The largest absolute Gasteiger partial charge is 0.489 e. The van der Waals surface area contributed by atoms with Crippen molar-refractivity contribution < 1.29 is 18.9 Å². The standard InChI is InChI=1S/C24H26O4S4/c1-13-5-17(6-14(2)21(13)25-9-19-11-31-23(29)27-19)18-7-15(3)22(16(4)8-18)26-10-20-12-32-24(30)28-20/h5-8,19-20H,9-12H2,1-4H3. The summed E-state index contributed by atoms with van der Waals surface area (Å²) in [6.45, 7) is 9.35. The van der Waals surface area contributed by atoms with Crippen LogP contribution in [0.3, 0.4) is 0 Å². The van der Waals surface area contributed by atoms with Crippen LogP contribution in [0.5, 0.6) is 11.5 Å². The van der Waals surface area contributed by atoms with Gasteiger partial charge in [-0.3, -0.25) is 0 Å². The highest BCUT2D eigenvalue weighted by Gasteiger charge is 2.24. The molecule has 0 aliphatic carbocycles. The van der Waals surface area contributed by atoms with Crippen LogP contribution in [-0.2, 0) is 9.47 Å². The molecule has 0 saturated carbocycles. The molecule has 2 aromatic carbocycles. The van der Waals surface area contributed by atoms with Gasteiger partial charge in [-0.1, -0.05) is 23.5 Å². The van der Waals surface area contributed by atoms with Crippen molar-refractivity contribution in [3.05, 3.63) is 46.5 Å². The lowest BCUT2D eigenvalue weighted by Gasteiger charge is -2.18. The molecular formula is C24H26O4S4. The second-order valence-corrected chi connectivity index (χ2v) is 11.3. The monoisotopic (exact) mass is 506 g/mol. The van der Waals surface area contributed by atoms with E-state index in [1.165, 1.54) is 11.1 Å². The summed E-state index contributed by atoms with van der Waals surface area (Å²) in [5.74, 6) is 3.53. The molecule has 2 aliphatic rings. The van der Waals surface area contributed by atoms with Crippen molar-refractivity contribution in [2.24, 2.45) is 0 Å². The van der Waals surface area contributed by atoms with Gasteiger partial charge in [0.25, 0.3) is 0 Å². The average molecular weight is 507 g/mol. The average Bonchev–Trinajstić information content (AvgIpc) is 3.34. The number of hydrogen-bond acceptors (Lipinski definition) is 8. The second-order valence-electron chi connectivity index (χ2n) is 8.10. The molecule has 0 bridgehead atoms. The first-order valence-electron chi connectivity index (χ1n) is 10.5. The van der Waals surface area contributed by atoms with E-state index in [2.05, 4.69) is 52.0 Å². The number of thioether (sulfide) groups is 2. The summed E-state index contributed by atoms with van der Waals surface area (Å²) < 4.78 is 24.6. The van der Waals surface area contributed by atoms with Gasteiger partial charge < -0.3 is 18.9 Å². The summed E-state index contributed by atoms with van der Waals surface area (Å²) in [6.07, 6.45) is 0.0419. The van der Waals surface area contributed by atoms with E-state index in [9.17, 15) is 0 Å². The molecule has 0 amide bonds. The van der Waals surface area contributed by atoms with E-state index < -0.39 is 0 Å². The molecule has 2 aromatic rings. The number of benzene rings is 2. The molecular weight excluding hydrogens is 481 g/mol. The zero-order valence-corrected chi connectivity index (χ0v) is 21.8. The van der Waals surface area contributed by atoms with Crippen molar-refractivity contribution in [2.45, 2.75) is 39.9 Å². The van der Waals surface area contributed by atoms with E-state index >= 15 is 0 Å². The molecule has 2 aliphatic heterocycles. The number of thiocarbonyl (C=S) groups is 2. The van der Waals surface area contributed by atoms with Crippen LogP contribution in [-0.4, -0.2) is 45.7 Å². The first-order chi connectivity index (χ1) is 15.3. The fraction of sp³-hybridized carbons (Fsp3) is 0.417. The third-order valence-electron chi connectivity index (χ3n) is 5.38. The third-order valence-corrected chi connectivity index (χ3v) is 8.02. The molecule has 8 heteroatoms. The van der Waals surface area contributed by atoms with E-state index in [0.717, 1.165) is 45.3 Å². The van der Waals surface area contributed by atoms with Crippen LogP contribution in [0.1, 0.15) is 22.3 Å². The van der Waals surface area contributed by atoms with Crippen LogP contribution < -0.4 is 9.47 Å². The van der Waals surface area contributed by atoms with Crippen molar-refractivity contribution in [3.8, 4) is 22.6 Å². The van der Waals surface area contributed by atoms with Gasteiger partial charge in [-0.2, -0.15) is 0 Å². The lowest BCUT2D eigenvalue weighted by atomic mass is 9.96. The smallest absolute Gasteiger partial charge is 0.220 e. The molecule has 0 N–H and O–H groups in total. The Morgan fingerprint density at radius 3 is 1.34 bits per heavy atom. The van der Waals surface area contributed by atoms with E-state index in [1.54, 1.807) is 23.5 Å². The van der Waals surface area contributed by atoms with Gasteiger partial charge in [0.1, 0.15) is 36.9 Å². The molecule has 0 radical (unpaired) electrons. The lowest BCUT2D eigenvalue weighted by molar-refractivity contribution is 0.150. The topological polar surface area (TPSA) is 36.9 Å². The molecule has 2 heterocycles. The molecule has 32 heavy (non-hydrogen) atoms. The molecule has 4 nitrogen and oxygen atoms in total. The van der Waals surface area contributed by atoms with E-state index in [4.69, 9.17) is 43.4 Å². The predicted octanol–water partition coefficient (Wildman–Crippen LogP) is 6.18. The van der Waals surface area contributed by atoms with Crippen LogP contribution in [0, 0.1) is 27.7 Å². The van der Waals surface area contributed by atoms with Crippen LogP contribution in [0.4, 0.5) is 0 Å². The number of hydrogen-bond donors (Lipinski definition) is 0. The first-order valence-corrected chi connectivity index (χ1v) is 13.2. The number of aryl methyl sites for hydroxylation is 4. The van der Waals surface area contributed by atoms with Crippen molar-refractivity contribution >= 4 is 56.7 Å². The Labute approximate surface area is 208 Å². The number of ether oxygens (including phenoxy) is 4. The Hall–Kier alpha value is -1.48. The van der Waals surface area contributed by atoms with Crippen molar-refractivity contribution in [1.82, 2.24) is 0 Å². The van der Waals surface area contributed by atoms with Gasteiger partial charge >= 0.3 is 0 Å². The van der Waals surface area contributed by atoms with Crippen LogP contribution in [0.25, 0.3) is 11.1 Å². The van der Waals surface area contributed by atoms with Crippen LogP contribution in [0.15, 0.2) is 24.3 Å². The molecule has 0 spiro atoms. The minimum atomic E-state index is 0.0209. The molecule has 2 atom stereocenters. The highest BCUT2D eigenvalue weighted by molar-refractivity contribution is 8.23. The summed E-state index contributed by atoms with van der Waals surface area (Å²) >= 11 is 13.3. The van der Waals surface area contributed by atoms with E-state index in [0.29, 0.717) is 22.0 Å². The fourth-order valence-electron chi connectivity index (χ4n) is 3.94. The highest BCUT2D eigenvalue weighted by Crippen LogP contribution is 2.35. The summed E-state index contributed by atoms with van der Waals surface area (Å²) in [5, 5.41) is 0. The normalized spacial score (nSPS) is 20.2. The minimum Gasteiger partial charge on any atom is -0.489 e. The van der Waals surface area contributed by atoms with Crippen molar-refractivity contribution in [2.75, 3.05) is 24.7 Å². The van der Waals surface area contributed by atoms with Gasteiger partial charge in [-0.05, 0) is 110 Å². The zero-order valence-electron chi connectivity index (χ0n) is 18.6. The maximum atomic E-state index is 6.10. The summed E-state index contributed by atoms with van der Waals surface area (Å²) in [4.78, 5) is 0. The second kappa shape index (κ2) is 10.2. The molecule has 2 fully saturated rings. The van der Waals surface area contributed by atoms with Gasteiger partial charge in [-0.25, -0.2) is 0 Å². The Morgan fingerprint density at radius 1 is 0.719 bits per heavy atom.